The van der Waals surface area contributed by atoms with Crippen LogP contribution in [0.5, 0.6) is 0 Å². The summed E-state index contributed by atoms with van der Waals surface area (Å²) in [7, 11) is 0. The van der Waals surface area contributed by atoms with Crippen molar-refractivity contribution < 1.29 is 4.79 Å². The highest BCUT2D eigenvalue weighted by molar-refractivity contribution is 7.18. The van der Waals surface area contributed by atoms with E-state index in [0.29, 0.717) is 23.9 Å². The Hall–Kier alpha value is -3.13. The van der Waals surface area contributed by atoms with Gasteiger partial charge in [0.15, 0.2) is 0 Å². The number of carbonyl (C=O) groups excluding carboxylic acids is 1. The van der Waals surface area contributed by atoms with Crippen LogP contribution in [-0.2, 0) is 17.8 Å². The minimum Gasteiger partial charge on any atom is -0.356 e. The monoisotopic (exact) mass is 379 g/mol. The van der Waals surface area contributed by atoms with Crippen LogP contribution in [0.2, 0.25) is 0 Å². The van der Waals surface area contributed by atoms with Crippen molar-refractivity contribution in [2.24, 2.45) is 0 Å². The Morgan fingerprint density at radius 2 is 1.85 bits per heavy atom. The van der Waals surface area contributed by atoms with Crippen LogP contribution < -0.4 is 10.9 Å². The average molecular weight is 379 g/mol. The summed E-state index contributed by atoms with van der Waals surface area (Å²) < 4.78 is 2.38. The van der Waals surface area contributed by atoms with Gasteiger partial charge in [0, 0.05) is 19.4 Å². The van der Waals surface area contributed by atoms with Crippen LogP contribution in [0.1, 0.15) is 11.4 Å². The molecule has 0 saturated heterocycles. The predicted octanol–water partition coefficient (Wildman–Crippen LogP) is 2.15. The van der Waals surface area contributed by atoms with Gasteiger partial charge in [0.25, 0.3) is 5.56 Å². The van der Waals surface area contributed by atoms with Crippen LogP contribution in [0.25, 0.3) is 21.1 Å². The van der Waals surface area contributed by atoms with Gasteiger partial charge >= 0.3 is 0 Å². The van der Waals surface area contributed by atoms with E-state index in [1.165, 1.54) is 4.68 Å². The summed E-state index contributed by atoms with van der Waals surface area (Å²) in [6, 6.07) is 15.0. The molecule has 2 aromatic heterocycles. The molecule has 2 aromatic carbocycles. The molecule has 7 nitrogen and oxygen atoms in total. The molecule has 2 heterocycles. The topological polar surface area (TPSA) is 89.8 Å². The maximum absolute atomic E-state index is 12.3. The molecule has 1 amide bonds. The number of rotatable bonds is 6. The van der Waals surface area contributed by atoms with Gasteiger partial charge in [-0.15, -0.1) is 16.4 Å². The highest BCUT2D eigenvalue weighted by Crippen LogP contribution is 2.21. The van der Waals surface area contributed by atoms with Crippen LogP contribution in [0, 0.1) is 0 Å². The Kier molecular flexibility index (Phi) is 4.88. The first-order chi connectivity index (χ1) is 13.2. The van der Waals surface area contributed by atoms with Crippen molar-refractivity contribution in [2.75, 3.05) is 6.54 Å². The molecule has 0 atom stereocenters. The second-order valence-electron chi connectivity index (χ2n) is 6.06. The van der Waals surface area contributed by atoms with E-state index in [-0.39, 0.29) is 24.4 Å². The van der Waals surface area contributed by atoms with Gasteiger partial charge in [-0.25, -0.2) is 9.67 Å². The van der Waals surface area contributed by atoms with Gasteiger partial charge < -0.3 is 5.32 Å². The number of para-hydroxylation sites is 1. The largest absolute Gasteiger partial charge is 0.356 e. The molecule has 27 heavy (non-hydrogen) atoms. The standard InChI is InChI=1S/C19H17N5O2S/c25-17(20-11-9-18-21-15-7-3-4-8-16(15)27-18)10-12-24-19(26)13-5-1-2-6-14(13)22-23-24/h1-8H,9-12H2,(H,20,25). The number of nitrogens with zero attached hydrogens (tertiary/aromatic N) is 4. The van der Waals surface area contributed by atoms with Gasteiger partial charge in [-0.3, -0.25) is 9.59 Å². The molecular formula is C19H17N5O2S. The van der Waals surface area contributed by atoms with E-state index in [1.807, 2.05) is 24.3 Å². The van der Waals surface area contributed by atoms with Crippen molar-refractivity contribution in [3.05, 3.63) is 63.9 Å². The lowest BCUT2D eigenvalue weighted by Crippen LogP contribution is -2.30. The maximum atomic E-state index is 12.3. The van der Waals surface area contributed by atoms with Crippen LogP contribution in [0.4, 0.5) is 0 Å². The summed E-state index contributed by atoms with van der Waals surface area (Å²) in [5.41, 5.74) is 1.31. The zero-order valence-corrected chi connectivity index (χ0v) is 15.3. The Labute approximate surface area is 158 Å². The summed E-state index contributed by atoms with van der Waals surface area (Å²) in [4.78, 5) is 29.0. The van der Waals surface area contributed by atoms with Crippen molar-refractivity contribution in [3.8, 4) is 0 Å². The Morgan fingerprint density at radius 3 is 2.70 bits per heavy atom. The molecule has 8 heteroatoms. The summed E-state index contributed by atoms with van der Waals surface area (Å²) in [5, 5.41) is 12.3. The molecule has 0 saturated carbocycles. The van der Waals surface area contributed by atoms with Crippen LogP contribution in [-0.4, -0.2) is 32.4 Å². The number of carbonyl (C=O) groups is 1. The Bertz CT molecular complexity index is 1130. The molecule has 0 spiro atoms. The van der Waals surface area contributed by atoms with Gasteiger partial charge in [0.05, 0.1) is 27.2 Å². The average Bonchev–Trinajstić information content (AvgIpc) is 3.10. The maximum Gasteiger partial charge on any atom is 0.277 e. The molecule has 0 aliphatic carbocycles. The number of aryl methyl sites for hydroxylation is 1. The quantitative estimate of drug-likeness (QED) is 0.554. The van der Waals surface area contributed by atoms with E-state index in [9.17, 15) is 9.59 Å². The third-order valence-electron chi connectivity index (χ3n) is 4.18. The van der Waals surface area contributed by atoms with E-state index in [4.69, 9.17) is 0 Å². The Morgan fingerprint density at radius 1 is 1.07 bits per heavy atom. The number of benzene rings is 2. The van der Waals surface area contributed by atoms with Crippen molar-refractivity contribution in [1.29, 1.82) is 0 Å². The highest BCUT2D eigenvalue weighted by atomic mass is 32.1. The van der Waals surface area contributed by atoms with E-state index >= 15 is 0 Å². The van der Waals surface area contributed by atoms with Crippen LogP contribution in [0.3, 0.4) is 0 Å². The summed E-state index contributed by atoms with van der Waals surface area (Å²) in [6.45, 7) is 0.709. The SMILES string of the molecule is O=C(CCn1nnc2ccccc2c1=O)NCCc1nc2ccccc2s1. The number of fused-ring (bicyclic) bond motifs is 2. The number of nitrogens with one attached hydrogen (secondary N) is 1. The molecule has 0 radical (unpaired) electrons. The lowest BCUT2D eigenvalue weighted by Gasteiger charge is -2.06. The highest BCUT2D eigenvalue weighted by Gasteiger charge is 2.08. The Balaban J connectivity index is 1.31. The van der Waals surface area contributed by atoms with Crippen molar-refractivity contribution in [2.45, 2.75) is 19.4 Å². The fraction of sp³-hybridized carbons (Fsp3) is 0.211. The zero-order valence-electron chi connectivity index (χ0n) is 14.5. The normalized spacial score (nSPS) is 11.1. The second-order valence-corrected chi connectivity index (χ2v) is 7.18. The van der Waals surface area contributed by atoms with E-state index in [2.05, 4.69) is 20.6 Å². The van der Waals surface area contributed by atoms with Crippen molar-refractivity contribution in [1.82, 2.24) is 25.3 Å². The first-order valence-electron chi connectivity index (χ1n) is 8.64. The first-order valence-corrected chi connectivity index (χ1v) is 9.46. The summed E-state index contributed by atoms with van der Waals surface area (Å²) in [6.07, 6.45) is 0.855. The third-order valence-corrected chi connectivity index (χ3v) is 5.28. The van der Waals surface area contributed by atoms with Crippen LogP contribution in [0.15, 0.2) is 53.3 Å². The van der Waals surface area contributed by atoms with Gasteiger partial charge in [0.2, 0.25) is 5.91 Å². The fourth-order valence-corrected chi connectivity index (χ4v) is 3.77. The van der Waals surface area contributed by atoms with Gasteiger partial charge in [-0.2, -0.15) is 0 Å². The zero-order chi connectivity index (χ0) is 18.6. The lowest BCUT2D eigenvalue weighted by molar-refractivity contribution is -0.121. The molecule has 4 aromatic rings. The van der Waals surface area contributed by atoms with E-state index < -0.39 is 0 Å². The first kappa shape index (κ1) is 17.3. The number of hydrogen-bond donors (Lipinski definition) is 1. The van der Waals surface area contributed by atoms with Crippen molar-refractivity contribution >= 4 is 38.4 Å². The molecule has 0 fully saturated rings. The number of thiazole rings is 1. The van der Waals surface area contributed by atoms with Gasteiger partial charge in [-0.05, 0) is 24.3 Å². The molecule has 0 unspecified atom stereocenters. The van der Waals surface area contributed by atoms with Gasteiger partial charge in [-0.1, -0.05) is 29.5 Å². The molecule has 0 aliphatic heterocycles. The van der Waals surface area contributed by atoms with Gasteiger partial charge in [0.1, 0.15) is 5.52 Å². The van der Waals surface area contributed by atoms with E-state index in [1.54, 1.807) is 35.6 Å². The molecule has 0 bridgehead atoms. The second kappa shape index (κ2) is 7.63. The van der Waals surface area contributed by atoms with Crippen LogP contribution >= 0.6 is 11.3 Å². The third kappa shape index (κ3) is 3.85. The summed E-state index contributed by atoms with van der Waals surface area (Å²) in [5.74, 6) is -0.127. The lowest BCUT2D eigenvalue weighted by atomic mass is 10.2. The predicted molar refractivity (Wildman–Crippen MR) is 105 cm³/mol. The molecule has 0 aliphatic rings. The summed E-state index contributed by atoms with van der Waals surface area (Å²) >= 11 is 1.64. The minimum atomic E-state index is -0.233. The smallest absolute Gasteiger partial charge is 0.277 e. The van der Waals surface area contributed by atoms with E-state index in [0.717, 1.165) is 15.2 Å². The number of hydrogen-bond acceptors (Lipinski definition) is 6. The molecular weight excluding hydrogens is 362 g/mol. The molecule has 136 valence electrons. The number of amides is 1. The minimum absolute atomic E-state index is 0.127. The molecule has 4 rings (SSSR count). The fourth-order valence-electron chi connectivity index (χ4n) is 2.80. The number of aromatic nitrogens is 4. The molecule has 1 N–H and O–H groups in total. The van der Waals surface area contributed by atoms with Crippen molar-refractivity contribution in [3.63, 3.8) is 0 Å².